The number of phenolic OH excluding ortho intramolecular Hbond substituents is 1. The molecule has 1 aromatic heterocycles. The summed E-state index contributed by atoms with van der Waals surface area (Å²) >= 11 is 0. The van der Waals surface area contributed by atoms with E-state index in [1.54, 1.807) is 18.2 Å². The van der Waals surface area contributed by atoms with E-state index in [1.807, 2.05) is 42.5 Å². The molecule has 5 heteroatoms. The quantitative estimate of drug-likeness (QED) is 0.508. The van der Waals surface area contributed by atoms with Crippen LogP contribution in [0.5, 0.6) is 17.2 Å². The maximum Gasteiger partial charge on any atom is 0.220 e. The van der Waals surface area contributed by atoms with Crippen LogP contribution in [0.2, 0.25) is 0 Å². The summed E-state index contributed by atoms with van der Waals surface area (Å²) in [6, 6.07) is 19.5. The number of aromatic nitrogens is 1. The zero-order valence-electron chi connectivity index (χ0n) is 15.5. The topological polar surface area (TPSA) is 64.7 Å². The van der Waals surface area contributed by atoms with E-state index >= 15 is 0 Å². The first-order valence-electron chi connectivity index (χ1n) is 8.77. The fourth-order valence-electron chi connectivity index (χ4n) is 3.00. The third-order valence-electron chi connectivity index (χ3n) is 4.43. The highest BCUT2D eigenvalue weighted by molar-refractivity contribution is 5.82. The van der Waals surface area contributed by atoms with Crippen LogP contribution in [-0.4, -0.2) is 24.3 Å². The van der Waals surface area contributed by atoms with Crippen molar-refractivity contribution < 1.29 is 19.0 Å². The number of nitrogens with zero attached hydrogens (tertiary/aromatic N) is 1. The SMILES string of the molecule is COc1cc(/C=C/c2nc3cc(-c4ccccc4)ccc3o2)cc(OC)c1O. The Morgan fingerprint density at radius 3 is 2.25 bits per heavy atom. The number of aromatic hydroxyl groups is 1. The van der Waals surface area contributed by atoms with Crippen LogP contribution >= 0.6 is 0 Å². The Hall–Kier alpha value is -3.73. The number of oxazole rings is 1. The van der Waals surface area contributed by atoms with Gasteiger partial charge in [0.25, 0.3) is 0 Å². The predicted octanol–water partition coefficient (Wildman–Crippen LogP) is 5.39. The van der Waals surface area contributed by atoms with Gasteiger partial charge in [0.05, 0.1) is 14.2 Å². The molecule has 4 aromatic rings. The molecular weight excluding hydrogens is 354 g/mol. The van der Waals surface area contributed by atoms with Gasteiger partial charge in [0, 0.05) is 6.08 Å². The van der Waals surface area contributed by atoms with Gasteiger partial charge in [-0.2, -0.15) is 0 Å². The molecular formula is C23H19NO4. The Morgan fingerprint density at radius 2 is 1.57 bits per heavy atom. The molecule has 0 saturated heterocycles. The summed E-state index contributed by atoms with van der Waals surface area (Å²) < 4.78 is 16.2. The van der Waals surface area contributed by atoms with Gasteiger partial charge in [0.15, 0.2) is 17.1 Å². The van der Waals surface area contributed by atoms with E-state index in [-0.39, 0.29) is 5.75 Å². The van der Waals surface area contributed by atoms with Crippen LogP contribution in [-0.2, 0) is 0 Å². The van der Waals surface area contributed by atoms with Crippen molar-refractivity contribution in [2.24, 2.45) is 0 Å². The van der Waals surface area contributed by atoms with Crippen LogP contribution in [0.3, 0.4) is 0 Å². The Morgan fingerprint density at radius 1 is 0.857 bits per heavy atom. The molecule has 0 aliphatic heterocycles. The van der Waals surface area contributed by atoms with Gasteiger partial charge in [-0.05, 0) is 47.0 Å². The van der Waals surface area contributed by atoms with Gasteiger partial charge in [-0.15, -0.1) is 0 Å². The lowest BCUT2D eigenvalue weighted by Gasteiger charge is -2.09. The average Bonchev–Trinajstić information content (AvgIpc) is 3.15. The molecule has 1 N–H and O–H groups in total. The predicted molar refractivity (Wildman–Crippen MR) is 110 cm³/mol. The van der Waals surface area contributed by atoms with Crippen LogP contribution in [0.1, 0.15) is 11.5 Å². The lowest BCUT2D eigenvalue weighted by Crippen LogP contribution is -1.90. The Bertz CT molecular complexity index is 1120. The molecule has 140 valence electrons. The number of hydrogen-bond acceptors (Lipinski definition) is 5. The highest BCUT2D eigenvalue weighted by Gasteiger charge is 2.10. The average molecular weight is 373 g/mol. The third-order valence-corrected chi connectivity index (χ3v) is 4.43. The van der Waals surface area contributed by atoms with Gasteiger partial charge in [0.1, 0.15) is 5.52 Å². The van der Waals surface area contributed by atoms with Crippen molar-refractivity contribution in [3.63, 3.8) is 0 Å². The molecule has 4 rings (SSSR count). The molecule has 0 radical (unpaired) electrons. The molecule has 0 atom stereocenters. The minimum absolute atomic E-state index is 0.0301. The number of methoxy groups -OCH3 is 2. The van der Waals surface area contributed by atoms with Gasteiger partial charge >= 0.3 is 0 Å². The van der Waals surface area contributed by atoms with Crippen molar-refractivity contribution in [2.45, 2.75) is 0 Å². The van der Waals surface area contributed by atoms with Crippen LogP contribution in [0, 0.1) is 0 Å². The minimum atomic E-state index is -0.0301. The standard InChI is InChI=1S/C23H19NO4/c1-26-20-12-15(13-21(27-2)23(20)25)8-11-22-24-18-14-17(9-10-19(18)28-22)16-6-4-3-5-7-16/h3-14,25H,1-2H3/b11-8+. The van der Waals surface area contributed by atoms with Gasteiger partial charge in [0.2, 0.25) is 11.6 Å². The number of ether oxygens (including phenoxy) is 2. The normalized spacial score (nSPS) is 11.2. The van der Waals surface area contributed by atoms with Gasteiger partial charge in [-0.1, -0.05) is 36.4 Å². The molecule has 0 bridgehead atoms. The summed E-state index contributed by atoms with van der Waals surface area (Å²) in [7, 11) is 2.99. The van der Waals surface area contributed by atoms with E-state index in [0.717, 1.165) is 27.8 Å². The smallest absolute Gasteiger partial charge is 0.220 e. The van der Waals surface area contributed by atoms with E-state index in [2.05, 4.69) is 17.1 Å². The Labute approximate surface area is 162 Å². The summed E-state index contributed by atoms with van der Waals surface area (Å²) in [6.07, 6.45) is 3.60. The van der Waals surface area contributed by atoms with E-state index in [1.165, 1.54) is 14.2 Å². The number of hydrogen-bond donors (Lipinski definition) is 1. The maximum atomic E-state index is 10.0. The van der Waals surface area contributed by atoms with Crippen molar-refractivity contribution in [1.29, 1.82) is 0 Å². The summed E-state index contributed by atoms with van der Waals surface area (Å²) in [6.45, 7) is 0. The van der Waals surface area contributed by atoms with Crippen molar-refractivity contribution in [2.75, 3.05) is 14.2 Å². The monoisotopic (exact) mass is 373 g/mol. The zero-order chi connectivity index (χ0) is 19.5. The largest absolute Gasteiger partial charge is 0.502 e. The maximum absolute atomic E-state index is 10.0. The molecule has 28 heavy (non-hydrogen) atoms. The van der Waals surface area contributed by atoms with Crippen molar-refractivity contribution >= 4 is 23.3 Å². The fourth-order valence-corrected chi connectivity index (χ4v) is 3.00. The molecule has 0 saturated carbocycles. The zero-order valence-corrected chi connectivity index (χ0v) is 15.5. The van der Waals surface area contributed by atoms with Crippen LogP contribution in [0.25, 0.3) is 34.4 Å². The third kappa shape index (κ3) is 3.42. The molecule has 0 aliphatic carbocycles. The highest BCUT2D eigenvalue weighted by atomic mass is 16.5. The van der Waals surface area contributed by atoms with Crippen LogP contribution in [0.4, 0.5) is 0 Å². The summed E-state index contributed by atoms with van der Waals surface area (Å²) in [5, 5.41) is 10.0. The first kappa shape index (κ1) is 17.7. The number of rotatable bonds is 5. The molecule has 3 aromatic carbocycles. The number of benzene rings is 3. The second-order valence-electron chi connectivity index (χ2n) is 6.21. The Kier molecular flexibility index (Phi) is 4.72. The van der Waals surface area contributed by atoms with E-state index in [0.29, 0.717) is 17.4 Å². The molecule has 0 spiro atoms. The van der Waals surface area contributed by atoms with Crippen molar-refractivity contribution in [3.8, 4) is 28.4 Å². The fraction of sp³-hybridized carbons (Fsp3) is 0.0870. The molecule has 0 unspecified atom stereocenters. The second-order valence-corrected chi connectivity index (χ2v) is 6.21. The van der Waals surface area contributed by atoms with Crippen LogP contribution < -0.4 is 9.47 Å². The lowest BCUT2D eigenvalue weighted by atomic mass is 10.1. The van der Waals surface area contributed by atoms with Crippen LogP contribution in [0.15, 0.2) is 65.1 Å². The molecule has 0 aliphatic rings. The highest BCUT2D eigenvalue weighted by Crippen LogP contribution is 2.37. The number of fused-ring (bicyclic) bond motifs is 1. The second kappa shape index (κ2) is 7.48. The van der Waals surface area contributed by atoms with Crippen molar-refractivity contribution in [3.05, 3.63) is 72.1 Å². The summed E-state index contributed by atoms with van der Waals surface area (Å²) in [4.78, 5) is 4.55. The number of phenols is 1. The molecule has 1 heterocycles. The van der Waals surface area contributed by atoms with Gasteiger partial charge in [-0.3, -0.25) is 0 Å². The first-order valence-corrected chi connectivity index (χ1v) is 8.77. The van der Waals surface area contributed by atoms with E-state index in [4.69, 9.17) is 13.9 Å². The minimum Gasteiger partial charge on any atom is -0.502 e. The summed E-state index contributed by atoms with van der Waals surface area (Å²) in [5.41, 5.74) is 4.53. The molecule has 0 amide bonds. The summed E-state index contributed by atoms with van der Waals surface area (Å²) in [5.74, 6) is 1.14. The van der Waals surface area contributed by atoms with Crippen molar-refractivity contribution in [1.82, 2.24) is 4.98 Å². The van der Waals surface area contributed by atoms with E-state index in [9.17, 15) is 5.11 Å². The molecule has 0 fully saturated rings. The van der Waals surface area contributed by atoms with Gasteiger partial charge in [-0.25, -0.2) is 4.98 Å². The Balaban J connectivity index is 1.65. The lowest BCUT2D eigenvalue weighted by molar-refractivity contribution is 0.340. The first-order chi connectivity index (χ1) is 13.7. The van der Waals surface area contributed by atoms with Gasteiger partial charge < -0.3 is 19.0 Å². The van der Waals surface area contributed by atoms with E-state index < -0.39 is 0 Å². The molecule has 5 nitrogen and oxygen atoms in total.